The third kappa shape index (κ3) is 5.25. The first-order valence-corrected chi connectivity index (χ1v) is 10.3. The Kier molecular flexibility index (Phi) is 6.46. The first kappa shape index (κ1) is 19.2. The molecular formula is C21H30N6O. The smallest absolute Gasteiger partial charge is 0.225 e. The maximum Gasteiger partial charge on any atom is 0.225 e. The minimum Gasteiger partial charge on any atom is -0.377 e. The van der Waals surface area contributed by atoms with Gasteiger partial charge >= 0.3 is 0 Å². The Balaban J connectivity index is 1.45. The minimum atomic E-state index is 0.308. The zero-order valence-corrected chi connectivity index (χ0v) is 16.7. The van der Waals surface area contributed by atoms with Gasteiger partial charge in [-0.15, -0.1) is 0 Å². The zero-order valence-electron chi connectivity index (χ0n) is 16.7. The Morgan fingerprint density at radius 1 is 1.04 bits per heavy atom. The summed E-state index contributed by atoms with van der Waals surface area (Å²) in [5.74, 6) is 0.848. The van der Waals surface area contributed by atoms with Crippen molar-refractivity contribution in [1.29, 1.82) is 0 Å². The second kappa shape index (κ2) is 9.41. The summed E-state index contributed by atoms with van der Waals surface area (Å²) in [4.78, 5) is 20.9. The molecule has 0 unspecified atom stereocenters. The van der Waals surface area contributed by atoms with Gasteiger partial charge in [0.05, 0.1) is 17.5 Å². The summed E-state index contributed by atoms with van der Waals surface area (Å²) >= 11 is 0. The number of piperazine rings is 1. The predicted molar refractivity (Wildman–Crippen MR) is 109 cm³/mol. The van der Waals surface area contributed by atoms with Gasteiger partial charge in [0.1, 0.15) is 0 Å². The van der Waals surface area contributed by atoms with E-state index in [1.807, 2.05) is 30.6 Å². The second-order valence-electron chi connectivity index (χ2n) is 7.76. The van der Waals surface area contributed by atoms with Crippen molar-refractivity contribution in [3.63, 3.8) is 0 Å². The first-order chi connectivity index (χ1) is 13.8. The standard InChI is InChI=1S/C21H30N6O/c1-25-10-12-27(13-11-25)21-23-9-7-19(24-21)16-26(17-20-6-4-14-28-20)15-18-5-2-3-8-22-18/h2-3,5,7-9,20H,4,6,10-17H2,1H3/t20-/m0/s1. The van der Waals surface area contributed by atoms with E-state index in [0.717, 1.165) is 82.6 Å². The normalized spacial score (nSPS) is 20.8. The van der Waals surface area contributed by atoms with Crippen molar-refractivity contribution in [2.24, 2.45) is 0 Å². The molecule has 2 aromatic rings. The van der Waals surface area contributed by atoms with Gasteiger partial charge < -0.3 is 14.5 Å². The Labute approximate surface area is 167 Å². The molecule has 0 spiro atoms. The molecule has 4 rings (SSSR count). The average Bonchev–Trinajstić information content (AvgIpc) is 3.22. The van der Waals surface area contributed by atoms with E-state index in [2.05, 4.69) is 37.8 Å². The van der Waals surface area contributed by atoms with Crippen LogP contribution in [0.5, 0.6) is 0 Å². The molecule has 0 aliphatic carbocycles. The van der Waals surface area contributed by atoms with E-state index in [1.165, 1.54) is 0 Å². The van der Waals surface area contributed by atoms with Crippen molar-refractivity contribution < 1.29 is 4.74 Å². The molecule has 7 heteroatoms. The number of aromatic nitrogens is 3. The number of pyridine rings is 1. The molecule has 2 fully saturated rings. The molecule has 150 valence electrons. The summed E-state index contributed by atoms with van der Waals surface area (Å²) in [7, 11) is 2.16. The van der Waals surface area contributed by atoms with Crippen LogP contribution in [0.15, 0.2) is 36.7 Å². The van der Waals surface area contributed by atoms with Crippen LogP contribution in [0.1, 0.15) is 24.2 Å². The fraction of sp³-hybridized carbons (Fsp3) is 0.571. The molecule has 0 radical (unpaired) electrons. The summed E-state index contributed by atoms with van der Waals surface area (Å²) in [6.45, 7) is 7.43. The van der Waals surface area contributed by atoms with E-state index in [1.54, 1.807) is 0 Å². The lowest BCUT2D eigenvalue weighted by atomic mass is 10.2. The lowest BCUT2D eigenvalue weighted by Crippen LogP contribution is -2.45. The number of hydrogen-bond acceptors (Lipinski definition) is 7. The average molecular weight is 383 g/mol. The molecule has 0 aromatic carbocycles. The highest BCUT2D eigenvalue weighted by molar-refractivity contribution is 5.31. The fourth-order valence-corrected chi connectivity index (χ4v) is 3.84. The van der Waals surface area contributed by atoms with Gasteiger partial charge in [-0.25, -0.2) is 9.97 Å². The van der Waals surface area contributed by atoms with Gasteiger partial charge in [-0.05, 0) is 38.1 Å². The van der Waals surface area contributed by atoms with E-state index in [9.17, 15) is 0 Å². The van der Waals surface area contributed by atoms with Crippen molar-refractivity contribution in [3.8, 4) is 0 Å². The molecule has 0 amide bonds. The van der Waals surface area contributed by atoms with Crippen molar-refractivity contribution in [1.82, 2.24) is 24.8 Å². The summed E-state index contributed by atoms with van der Waals surface area (Å²) < 4.78 is 5.88. The number of likely N-dealkylation sites (N-methyl/N-ethyl adjacent to an activating group) is 1. The monoisotopic (exact) mass is 382 g/mol. The van der Waals surface area contributed by atoms with E-state index < -0.39 is 0 Å². The van der Waals surface area contributed by atoms with Crippen LogP contribution in [0.3, 0.4) is 0 Å². The predicted octanol–water partition coefficient (Wildman–Crippen LogP) is 1.80. The minimum absolute atomic E-state index is 0.308. The topological polar surface area (TPSA) is 57.6 Å². The van der Waals surface area contributed by atoms with Gasteiger partial charge in [0.25, 0.3) is 0 Å². The van der Waals surface area contributed by atoms with Crippen LogP contribution in [0.25, 0.3) is 0 Å². The van der Waals surface area contributed by atoms with Crippen molar-refractivity contribution in [3.05, 3.63) is 48.0 Å². The van der Waals surface area contributed by atoms with Gasteiger partial charge in [-0.3, -0.25) is 9.88 Å². The number of rotatable bonds is 7. The molecule has 4 heterocycles. The number of nitrogens with zero attached hydrogens (tertiary/aromatic N) is 6. The molecule has 0 saturated carbocycles. The van der Waals surface area contributed by atoms with Gasteiger partial charge in [-0.2, -0.15) is 0 Å². The van der Waals surface area contributed by atoms with Crippen LogP contribution in [0, 0.1) is 0 Å². The summed E-state index contributed by atoms with van der Waals surface area (Å²) in [5.41, 5.74) is 2.13. The highest BCUT2D eigenvalue weighted by atomic mass is 16.5. The summed E-state index contributed by atoms with van der Waals surface area (Å²) in [6, 6.07) is 8.11. The molecule has 2 aliphatic rings. The maximum absolute atomic E-state index is 5.88. The van der Waals surface area contributed by atoms with Crippen LogP contribution in [0.4, 0.5) is 5.95 Å². The number of hydrogen-bond donors (Lipinski definition) is 0. The quantitative estimate of drug-likeness (QED) is 0.724. The fourth-order valence-electron chi connectivity index (χ4n) is 3.84. The van der Waals surface area contributed by atoms with Crippen LogP contribution < -0.4 is 4.90 Å². The van der Waals surface area contributed by atoms with E-state index in [4.69, 9.17) is 9.72 Å². The molecule has 2 aromatic heterocycles. The molecule has 2 aliphatic heterocycles. The SMILES string of the molecule is CN1CCN(c2nccc(CN(Cc3ccccn3)C[C@@H]3CCCO3)n2)CC1. The summed E-state index contributed by atoms with van der Waals surface area (Å²) in [6.07, 6.45) is 6.34. The van der Waals surface area contributed by atoms with Crippen molar-refractivity contribution >= 4 is 5.95 Å². The molecular weight excluding hydrogens is 352 g/mol. The van der Waals surface area contributed by atoms with Crippen LogP contribution >= 0.6 is 0 Å². The molecule has 0 N–H and O–H groups in total. The van der Waals surface area contributed by atoms with E-state index in [0.29, 0.717) is 6.10 Å². The Morgan fingerprint density at radius 3 is 2.64 bits per heavy atom. The lowest BCUT2D eigenvalue weighted by Gasteiger charge is -2.32. The highest BCUT2D eigenvalue weighted by Crippen LogP contribution is 2.17. The lowest BCUT2D eigenvalue weighted by molar-refractivity contribution is 0.0670. The van der Waals surface area contributed by atoms with Crippen LogP contribution in [0.2, 0.25) is 0 Å². The van der Waals surface area contributed by atoms with Crippen LogP contribution in [-0.2, 0) is 17.8 Å². The van der Waals surface area contributed by atoms with Gasteiger partial charge in [0.15, 0.2) is 0 Å². The van der Waals surface area contributed by atoms with E-state index in [-0.39, 0.29) is 0 Å². The van der Waals surface area contributed by atoms with Gasteiger partial charge in [0.2, 0.25) is 5.95 Å². The van der Waals surface area contributed by atoms with Gasteiger partial charge in [0, 0.05) is 64.8 Å². The third-order valence-corrected chi connectivity index (χ3v) is 5.47. The largest absolute Gasteiger partial charge is 0.377 e. The van der Waals surface area contributed by atoms with Crippen molar-refractivity contribution in [2.45, 2.75) is 32.0 Å². The summed E-state index contributed by atoms with van der Waals surface area (Å²) in [5, 5.41) is 0. The Morgan fingerprint density at radius 2 is 1.89 bits per heavy atom. The molecule has 2 saturated heterocycles. The highest BCUT2D eigenvalue weighted by Gasteiger charge is 2.21. The zero-order chi connectivity index (χ0) is 19.2. The number of ether oxygens (including phenoxy) is 1. The molecule has 0 bridgehead atoms. The third-order valence-electron chi connectivity index (χ3n) is 5.47. The number of anilines is 1. The second-order valence-corrected chi connectivity index (χ2v) is 7.76. The molecule has 28 heavy (non-hydrogen) atoms. The van der Waals surface area contributed by atoms with Gasteiger partial charge in [-0.1, -0.05) is 6.07 Å². The van der Waals surface area contributed by atoms with E-state index >= 15 is 0 Å². The van der Waals surface area contributed by atoms with Crippen LogP contribution in [-0.4, -0.2) is 77.2 Å². The molecule has 1 atom stereocenters. The Bertz CT molecular complexity index is 729. The maximum atomic E-state index is 5.88. The first-order valence-electron chi connectivity index (χ1n) is 10.3. The molecule has 7 nitrogen and oxygen atoms in total. The van der Waals surface area contributed by atoms with Crippen molar-refractivity contribution in [2.75, 3.05) is 51.3 Å². The Hall–Kier alpha value is -2.09.